The number of nitrogens with zero attached hydrogens (tertiary/aromatic N) is 1. The molecule has 3 rings (SSSR count). The van der Waals surface area contributed by atoms with Crippen LogP contribution in [0, 0.1) is 0 Å². The molecule has 2 amide bonds. The Kier molecular flexibility index (Phi) is 11.3. The lowest BCUT2D eigenvalue weighted by molar-refractivity contribution is 0.215. The first kappa shape index (κ1) is 19.4. The van der Waals surface area contributed by atoms with Gasteiger partial charge < -0.3 is 20.4 Å². The molecule has 5 nitrogen and oxygen atoms in total. The van der Waals surface area contributed by atoms with E-state index in [0.717, 1.165) is 25.8 Å². The summed E-state index contributed by atoms with van der Waals surface area (Å²) in [5.41, 5.74) is 0.965. The Morgan fingerprint density at radius 1 is 1.24 bits per heavy atom. The molecule has 2 aliphatic heterocycles. The fourth-order valence-corrected chi connectivity index (χ4v) is 2.13. The molecule has 120 valence electrons. The van der Waals surface area contributed by atoms with Crippen LogP contribution in [0.2, 0.25) is 0 Å². The van der Waals surface area contributed by atoms with Gasteiger partial charge in [0.05, 0.1) is 6.61 Å². The lowest BCUT2D eigenvalue weighted by Crippen LogP contribution is -2.30. The monoisotopic (exact) mass is 296 g/mol. The zero-order chi connectivity index (χ0) is 16.1. The fourth-order valence-electron chi connectivity index (χ4n) is 2.13. The highest BCUT2D eigenvalue weighted by Gasteiger charge is 2.31. The van der Waals surface area contributed by atoms with E-state index in [1.165, 1.54) is 12.8 Å². The molecule has 0 aliphatic carbocycles. The number of amides is 2. The van der Waals surface area contributed by atoms with Gasteiger partial charge in [-0.15, -0.1) is 0 Å². The number of piperidine rings is 1. The minimum absolute atomic E-state index is 0.137. The zero-order valence-corrected chi connectivity index (χ0v) is 13.2. The summed E-state index contributed by atoms with van der Waals surface area (Å²) in [6.45, 7) is 6.04. The summed E-state index contributed by atoms with van der Waals surface area (Å²) in [5, 5.41) is 18.4. The summed E-state index contributed by atoms with van der Waals surface area (Å²) in [6, 6.07) is 10.1. The molecular weight excluding hydrogens is 268 g/mol. The van der Waals surface area contributed by atoms with Gasteiger partial charge in [0, 0.05) is 26.2 Å². The summed E-state index contributed by atoms with van der Waals surface area (Å²) in [6.07, 6.45) is 2.34. The van der Waals surface area contributed by atoms with Crippen LogP contribution in [-0.4, -0.2) is 47.4 Å². The number of carbonyl (C=O) groups excluding carboxylic acids is 1. The van der Waals surface area contributed by atoms with Crippen molar-refractivity contribution < 1.29 is 15.0 Å². The molecule has 3 N–H and O–H groups in total. The number of hydrogen-bond donors (Lipinski definition) is 3. The van der Waals surface area contributed by atoms with Crippen molar-refractivity contribution >= 4 is 6.03 Å². The quantitative estimate of drug-likeness (QED) is 0.742. The zero-order valence-electron chi connectivity index (χ0n) is 13.2. The number of fused-ring (bicyclic) bond motifs is 2. The average Bonchev–Trinajstić information content (AvgIpc) is 2.84. The van der Waals surface area contributed by atoms with Crippen molar-refractivity contribution in [2.24, 2.45) is 0 Å². The number of urea groups is 1. The number of carbonyl (C=O) groups is 1. The minimum Gasteiger partial charge on any atom is -0.400 e. The largest absolute Gasteiger partial charge is 0.400 e. The first-order chi connectivity index (χ1) is 10.3. The van der Waals surface area contributed by atoms with Crippen LogP contribution in [0.15, 0.2) is 30.3 Å². The van der Waals surface area contributed by atoms with Crippen LogP contribution in [0.25, 0.3) is 0 Å². The standard InChI is InChI=1S/C7H8O.C6H10N2O.C2H6.CH4O/c8-6-7-4-2-1-3-5-7;9-6-7-5-2-1-3-8(6)4-5;2*1-2/h1-5,8H,6H2;5H,1-4H2,(H,7,9);1-2H3;2H,1H3. The molecule has 1 aromatic carbocycles. The Balaban J connectivity index is 0.000000311. The second-order valence-electron chi connectivity index (χ2n) is 4.38. The van der Waals surface area contributed by atoms with Gasteiger partial charge >= 0.3 is 6.03 Å². The van der Waals surface area contributed by atoms with Gasteiger partial charge in [0.15, 0.2) is 0 Å². The molecule has 0 saturated carbocycles. The van der Waals surface area contributed by atoms with E-state index < -0.39 is 0 Å². The second-order valence-corrected chi connectivity index (χ2v) is 4.38. The highest BCUT2D eigenvalue weighted by molar-refractivity contribution is 5.77. The van der Waals surface area contributed by atoms with E-state index in [1.807, 2.05) is 49.1 Å². The molecule has 0 aromatic heterocycles. The molecule has 2 saturated heterocycles. The van der Waals surface area contributed by atoms with Gasteiger partial charge in [0.25, 0.3) is 0 Å². The highest BCUT2D eigenvalue weighted by Crippen LogP contribution is 2.15. The summed E-state index contributed by atoms with van der Waals surface area (Å²) in [4.78, 5) is 12.8. The van der Waals surface area contributed by atoms with Crippen LogP contribution in [0.5, 0.6) is 0 Å². The molecule has 2 heterocycles. The van der Waals surface area contributed by atoms with Crippen molar-refractivity contribution in [1.82, 2.24) is 10.2 Å². The first-order valence-corrected chi connectivity index (χ1v) is 7.44. The van der Waals surface area contributed by atoms with E-state index in [9.17, 15) is 4.79 Å². The van der Waals surface area contributed by atoms with Crippen molar-refractivity contribution in [3.8, 4) is 0 Å². The molecule has 2 fully saturated rings. The van der Waals surface area contributed by atoms with Gasteiger partial charge in [-0.2, -0.15) is 0 Å². The Morgan fingerprint density at radius 2 is 1.86 bits per heavy atom. The first-order valence-electron chi connectivity index (χ1n) is 7.44. The smallest absolute Gasteiger partial charge is 0.317 e. The van der Waals surface area contributed by atoms with Crippen molar-refractivity contribution in [2.45, 2.75) is 39.3 Å². The van der Waals surface area contributed by atoms with Crippen LogP contribution in [0.1, 0.15) is 32.3 Å². The number of hydrogen-bond acceptors (Lipinski definition) is 3. The van der Waals surface area contributed by atoms with Crippen LogP contribution in [0.3, 0.4) is 0 Å². The Bertz CT molecular complexity index is 371. The van der Waals surface area contributed by atoms with Crippen LogP contribution < -0.4 is 5.32 Å². The molecular formula is C16H28N2O3. The maximum atomic E-state index is 10.9. The van der Waals surface area contributed by atoms with Crippen molar-refractivity contribution in [3.05, 3.63) is 35.9 Å². The number of nitrogens with one attached hydrogen (secondary N) is 1. The van der Waals surface area contributed by atoms with Gasteiger partial charge in [-0.3, -0.25) is 0 Å². The van der Waals surface area contributed by atoms with Crippen LogP contribution in [0.4, 0.5) is 4.79 Å². The minimum atomic E-state index is 0.137. The normalized spacial score (nSPS) is 18.0. The highest BCUT2D eigenvalue weighted by atomic mass is 16.3. The van der Waals surface area contributed by atoms with Crippen molar-refractivity contribution in [3.63, 3.8) is 0 Å². The SMILES string of the molecule is CC.CO.O=C1NC2CCCN1C2.OCc1ccccc1. The van der Waals surface area contributed by atoms with Gasteiger partial charge in [-0.05, 0) is 18.4 Å². The molecule has 21 heavy (non-hydrogen) atoms. The van der Waals surface area contributed by atoms with E-state index in [1.54, 1.807) is 0 Å². The summed E-state index contributed by atoms with van der Waals surface area (Å²) in [7, 11) is 1.00. The Hall–Kier alpha value is -1.59. The average molecular weight is 296 g/mol. The topological polar surface area (TPSA) is 72.8 Å². The lowest BCUT2D eigenvalue weighted by Gasteiger charge is -2.18. The lowest BCUT2D eigenvalue weighted by atomic mass is 10.1. The maximum Gasteiger partial charge on any atom is 0.317 e. The Labute approximate surface area is 127 Å². The molecule has 0 radical (unpaired) electrons. The molecule has 5 heteroatoms. The van der Waals surface area contributed by atoms with Crippen LogP contribution >= 0.6 is 0 Å². The number of aliphatic hydroxyl groups excluding tert-OH is 2. The predicted molar refractivity (Wildman–Crippen MR) is 85.0 cm³/mol. The summed E-state index contributed by atoms with van der Waals surface area (Å²) in [5.74, 6) is 0. The number of aliphatic hydroxyl groups is 2. The third-order valence-corrected chi connectivity index (χ3v) is 3.06. The number of benzene rings is 1. The fraction of sp³-hybridized carbons (Fsp3) is 0.562. The third-order valence-electron chi connectivity index (χ3n) is 3.06. The summed E-state index contributed by atoms with van der Waals surface area (Å²) >= 11 is 0. The second kappa shape index (κ2) is 12.2. The molecule has 2 aliphatic rings. The predicted octanol–water partition coefficient (Wildman–Crippen LogP) is 1.99. The van der Waals surface area contributed by atoms with Gasteiger partial charge in [-0.1, -0.05) is 44.2 Å². The van der Waals surface area contributed by atoms with E-state index in [4.69, 9.17) is 10.2 Å². The molecule has 1 atom stereocenters. The number of rotatable bonds is 1. The molecule has 1 aromatic rings. The van der Waals surface area contributed by atoms with Crippen LogP contribution in [-0.2, 0) is 6.61 Å². The van der Waals surface area contributed by atoms with E-state index in [0.29, 0.717) is 6.04 Å². The van der Waals surface area contributed by atoms with E-state index in [2.05, 4.69) is 5.32 Å². The Morgan fingerprint density at radius 3 is 2.29 bits per heavy atom. The maximum absolute atomic E-state index is 10.9. The molecule has 1 unspecified atom stereocenters. The third kappa shape index (κ3) is 7.11. The van der Waals surface area contributed by atoms with Gasteiger partial charge in [0.2, 0.25) is 0 Å². The molecule has 2 bridgehead atoms. The van der Waals surface area contributed by atoms with E-state index in [-0.39, 0.29) is 12.6 Å². The summed E-state index contributed by atoms with van der Waals surface area (Å²) < 4.78 is 0. The van der Waals surface area contributed by atoms with Crippen molar-refractivity contribution in [1.29, 1.82) is 0 Å². The van der Waals surface area contributed by atoms with Crippen molar-refractivity contribution in [2.75, 3.05) is 20.2 Å². The van der Waals surface area contributed by atoms with E-state index >= 15 is 0 Å². The van der Waals surface area contributed by atoms with Gasteiger partial charge in [0.1, 0.15) is 0 Å². The van der Waals surface area contributed by atoms with Gasteiger partial charge in [-0.25, -0.2) is 4.79 Å². The molecule has 0 spiro atoms.